The summed E-state index contributed by atoms with van der Waals surface area (Å²) in [5.74, 6) is 1.73. The molecule has 0 aromatic heterocycles. The summed E-state index contributed by atoms with van der Waals surface area (Å²) < 4.78 is 27.3. The summed E-state index contributed by atoms with van der Waals surface area (Å²) in [6.07, 6.45) is 4.91. The van der Waals surface area contributed by atoms with Gasteiger partial charge in [-0.15, -0.1) is 0 Å². The third-order valence-electron chi connectivity index (χ3n) is 4.26. The molecule has 1 aliphatic heterocycles. The molecule has 1 saturated heterocycles. The van der Waals surface area contributed by atoms with E-state index in [-0.39, 0.29) is 12.4 Å². The first-order chi connectivity index (χ1) is 11.9. The highest BCUT2D eigenvalue weighted by atomic mass is 32.2. The lowest BCUT2D eigenvalue weighted by atomic mass is 9.99. The third kappa shape index (κ3) is 12.2. The van der Waals surface area contributed by atoms with Gasteiger partial charge in [0.15, 0.2) is 5.96 Å². The molecule has 0 unspecified atom stereocenters. The van der Waals surface area contributed by atoms with Gasteiger partial charge in [0.2, 0.25) is 0 Å². The molecule has 2 N–H and O–H groups in total. The van der Waals surface area contributed by atoms with Crippen molar-refractivity contribution in [1.29, 1.82) is 0 Å². The molecule has 0 bridgehead atoms. The Balaban J connectivity index is 2.13. The molecular formula is C17H36N4O3S. The summed E-state index contributed by atoms with van der Waals surface area (Å²) in [5, 5.41) is 6.43. The highest BCUT2D eigenvalue weighted by molar-refractivity contribution is 7.90. The number of likely N-dealkylation sites (tertiary alicyclic amines) is 1. The fourth-order valence-electron chi connectivity index (χ4n) is 2.67. The summed E-state index contributed by atoms with van der Waals surface area (Å²) >= 11 is 0. The second-order valence-electron chi connectivity index (χ2n) is 6.81. The van der Waals surface area contributed by atoms with Gasteiger partial charge in [0.05, 0.1) is 19.0 Å². The van der Waals surface area contributed by atoms with Crippen LogP contribution in [0, 0.1) is 5.92 Å². The van der Waals surface area contributed by atoms with Crippen LogP contribution < -0.4 is 10.6 Å². The monoisotopic (exact) mass is 376 g/mol. The fraction of sp³-hybridized carbons (Fsp3) is 0.941. The van der Waals surface area contributed by atoms with Gasteiger partial charge in [0.25, 0.3) is 0 Å². The maximum absolute atomic E-state index is 11.0. The van der Waals surface area contributed by atoms with Gasteiger partial charge >= 0.3 is 0 Å². The molecule has 1 rings (SSSR count). The zero-order valence-electron chi connectivity index (χ0n) is 16.1. The lowest BCUT2D eigenvalue weighted by Crippen LogP contribution is -2.39. The smallest absolute Gasteiger partial charge is 0.191 e. The lowest BCUT2D eigenvalue weighted by molar-refractivity contribution is 0.154. The molecule has 7 nitrogen and oxygen atoms in total. The number of aliphatic imine (C=N–C) groups is 1. The molecule has 25 heavy (non-hydrogen) atoms. The van der Waals surface area contributed by atoms with E-state index in [1.807, 2.05) is 6.92 Å². The minimum absolute atomic E-state index is 0.0659. The molecule has 148 valence electrons. The van der Waals surface area contributed by atoms with E-state index in [2.05, 4.69) is 27.4 Å². The lowest BCUT2D eigenvalue weighted by Gasteiger charge is -2.29. The van der Waals surface area contributed by atoms with Crippen molar-refractivity contribution in [1.82, 2.24) is 15.5 Å². The molecule has 1 heterocycles. The molecule has 1 aliphatic rings. The topological polar surface area (TPSA) is 83.0 Å². The van der Waals surface area contributed by atoms with Crippen LogP contribution in [-0.4, -0.2) is 83.8 Å². The predicted molar refractivity (Wildman–Crippen MR) is 104 cm³/mol. The van der Waals surface area contributed by atoms with Crippen LogP contribution in [0.2, 0.25) is 0 Å². The van der Waals surface area contributed by atoms with E-state index in [1.54, 1.807) is 0 Å². The molecule has 0 atom stereocenters. The minimum atomic E-state index is -2.95. The van der Waals surface area contributed by atoms with Gasteiger partial charge in [0, 0.05) is 25.9 Å². The zero-order chi connectivity index (χ0) is 18.5. The van der Waals surface area contributed by atoms with Crippen molar-refractivity contribution in [3.8, 4) is 0 Å². The molecule has 0 aromatic rings. The third-order valence-corrected chi connectivity index (χ3v) is 5.17. The Hall–Kier alpha value is -0.860. The first kappa shape index (κ1) is 22.2. The SMILES string of the molecule is CCNC(=NCCCN1CCC(C)CC1)NCCOCCS(C)(=O)=O. The highest BCUT2D eigenvalue weighted by Crippen LogP contribution is 2.15. The van der Waals surface area contributed by atoms with Gasteiger partial charge in [-0.1, -0.05) is 6.92 Å². The number of nitrogens with zero attached hydrogens (tertiary/aromatic N) is 2. The standard InChI is InChI=1S/C17H36N4O3S/c1-4-18-17(20-9-13-24-14-15-25(3,22)23)19-8-5-10-21-11-6-16(2)7-12-21/h16H,4-15H2,1-3H3,(H2,18,19,20). The van der Waals surface area contributed by atoms with Crippen LogP contribution >= 0.6 is 0 Å². The normalized spacial score (nSPS) is 17.6. The molecule has 0 aliphatic carbocycles. The van der Waals surface area contributed by atoms with Gasteiger partial charge in [0.1, 0.15) is 9.84 Å². The Kier molecular flexibility index (Phi) is 11.1. The van der Waals surface area contributed by atoms with Crippen molar-refractivity contribution in [2.24, 2.45) is 10.9 Å². The Morgan fingerprint density at radius 2 is 1.96 bits per heavy atom. The van der Waals surface area contributed by atoms with Crippen molar-refractivity contribution in [3.63, 3.8) is 0 Å². The van der Waals surface area contributed by atoms with E-state index in [4.69, 9.17) is 4.74 Å². The Bertz CT molecular complexity index is 474. The zero-order valence-corrected chi connectivity index (χ0v) is 16.9. The molecule has 0 radical (unpaired) electrons. The average molecular weight is 377 g/mol. The number of rotatable bonds is 11. The first-order valence-corrected chi connectivity index (χ1v) is 11.5. The van der Waals surface area contributed by atoms with Gasteiger partial charge in [-0.25, -0.2) is 8.42 Å². The average Bonchev–Trinajstić information content (AvgIpc) is 2.55. The minimum Gasteiger partial charge on any atom is -0.379 e. The highest BCUT2D eigenvalue weighted by Gasteiger charge is 2.14. The van der Waals surface area contributed by atoms with Crippen molar-refractivity contribution in [2.75, 3.05) is 64.5 Å². The summed E-state index contributed by atoms with van der Waals surface area (Å²) in [5.41, 5.74) is 0. The largest absolute Gasteiger partial charge is 0.379 e. The number of ether oxygens (including phenoxy) is 1. The number of sulfone groups is 1. The number of hydrogen-bond acceptors (Lipinski definition) is 5. The molecule has 0 saturated carbocycles. The molecule has 0 amide bonds. The van der Waals surface area contributed by atoms with E-state index in [9.17, 15) is 8.42 Å². The first-order valence-electron chi connectivity index (χ1n) is 9.40. The van der Waals surface area contributed by atoms with E-state index >= 15 is 0 Å². The Morgan fingerprint density at radius 3 is 2.60 bits per heavy atom. The van der Waals surface area contributed by atoms with Crippen LogP contribution in [0.25, 0.3) is 0 Å². The summed E-state index contributed by atoms with van der Waals surface area (Å²) in [6, 6.07) is 0. The summed E-state index contributed by atoms with van der Waals surface area (Å²) in [7, 11) is -2.95. The molecule has 0 spiro atoms. The van der Waals surface area contributed by atoms with Crippen LogP contribution in [0.1, 0.15) is 33.1 Å². The van der Waals surface area contributed by atoms with Crippen LogP contribution in [-0.2, 0) is 14.6 Å². The van der Waals surface area contributed by atoms with E-state index < -0.39 is 9.84 Å². The van der Waals surface area contributed by atoms with E-state index in [1.165, 1.54) is 32.2 Å². The Morgan fingerprint density at radius 1 is 1.24 bits per heavy atom. The number of guanidine groups is 1. The predicted octanol–water partition coefficient (Wildman–Crippen LogP) is 0.725. The van der Waals surface area contributed by atoms with Crippen LogP contribution in [0.5, 0.6) is 0 Å². The summed E-state index contributed by atoms with van der Waals surface area (Å²) in [6.45, 7) is 10.8. The quantitative estimate of drug-likeness (QED) is 0.314. The number of nitrogens with one attached hydrogen (secondary N) is 2. The number of hydrogen-bond donors (Lipinski definition) is 2. The van der Waals surface area contributed by atoms with E-state index in [0.717, 1.165) is 37.9 Å². The fourth-order valence-corrected chi connectivity index (χ4v) is 3.09. The van der Waals surface area contributed by atoms with Crippen LogP contribution in [0.4, 0.5) is 0 Å². The molecule has 8 heteroatoms. The number of piperidine rings is 1. The van der Waals surface area contributed by atoms with Crippen molar-refractivity contribution >= 4 is 15.8 Å². The maximum atomic E-state index is 11.0. The summed E-state index contributed by atoms with van der Waals surface area (Å²) in [4.78, 5) is 7.12. The van der Waals surface area contributed by atoms with Crippen LogP contribution in [0.3, 0.4) is 0 Å². The van der Waals surface area contributed by atoms with Crippen molar-refractivity contribution in [2.45, 2.75) is 33.1 Å². The van der Waals surface area contributed by atoms with Gasteiger partial charge in [-0.05, 0) is 51.7 Å². The van der Waals surface area contributed by atoms with Gasteiger partial charge < -0.3 is 20.3 Å². The van der Waals surface area contributed by atoms with E-state index in [0.29, 0.717) is 13.2 Å². The van der Waals surface area contributed by atoms with Crippen molar-refractivity contribution < 1.29 is 13.2 Å². The maximum Gasteiger partial charge on any atom is 0.191 e. The van der Waals surface area contributed by atoms with Crippen LogP contribution in [0.15, 0.2) is 4.99 Å². The molecular weight excluding hydrogens is 340 g/mol. The Labute approximate surface area is 153 Å². The second-order valence-corrected chi connectivity index (χ2v) is 9.07. The second kappa shape index (κ2) is 12.5. The van der Waals surface area contributed by atoms with Gasteiger partial charge in [-0.2, -0.15) is 0 Å². The molecule has 0 aromatic carbocycles. The molecule has 1 fully saturated rings. The van der Waals surface area contributed by atoms with Crippen molar-refractivity contribution in [3.05, 3.63) is 0 Å². The van der Waals surface area contributed by atoms with Gasteiger partial charge in [-0.3, -0.25) is 4.99 Å².